The minimum absolute atomic E-state index is 0.0290. The molecule has 3 aromatic rings. The van der Waals surface area contributed by atoms with Gasteiger partial charge in [0.25, 0.3) is 5.91 Å². The summed E-state index contributed by atoms with van der Waals surface area (Å²) in [7, 11) is -0.924. The Morgan fingerprint density at radius 3 is 2.30 bits per heavy atom. The first-order valence-electron chi connectivity index (χ1n) is 22.9. The average molecular weight is 932 g/mol. The molecule has 2 aliphatic heterocycles. The maximum absolute atomic E-state index is 15.1. The molecule has 7 atom stereocenters. The smallest absolute Gasteiger partial charge is 0.408 e. The van der Waals surface area contributed by atoms with E-state index in [4.69, 9.17) is 28.7 Å². The summed E-state index contributed by atoms with van der Waals surface area (Å²) in [5, 5.41) is 6.99. The first kappa shape index (κ1) is 48.4. The first-order valence-corrected chi connectivity index (χ1v) is 24.4. The minimum Gasteiger partial charge on any atom is -0.497 e. The Bertz CT molecular complexity index is 2480. The molecule has 1 aromatic heterocycles. The molecule has 358 valence electrons. The van der Waals surface area contributed by atoms with E-state index in [-0.39, 0.29) is 43.2 Å². The summed E-state index contributed by atoms with van der Waals surface area (Å²) in [6.07, 6.45) is 5.13. The van der Waals surface area contributed by atoms with Gasteiger partial charge in [-0.3, -0.25) is 19.1 Å². The molecule has 3 N–H and O–H groups in total. The van der Waals surface area contributed by atoms with Crippen molar-refractivity contribution < 1.29 is 51.3 Å². The Kier molecular flexibility index (Phi) is 13.6. The van der Waals surface area contributed by atoms with Gasteiger partial charge in [0.2, 0.25) is 27.7 Å². The molecule has 2 aromatic carbocycles. The van der Waals surface area contributed by atoms with E-state index in [2.05, 4.69) is 22.3 Å². The molecule has 0 bridgehead atoms. The number of aromatic nitrogens is 1. The number of carbonyl (C=O) groups is 4. The highest BCUT2D eigenvalue weighted by atomic mass is 32.2. The second kappa shape index (κ2) is 18.6. The fourth-order valence-corrected chi connectivity index (χ4v) is 10.3. The van der Waals surface area contributed by atoms with Gasteiger partial charge < -0.3 is 39.2 Å². The molecular weight excluding hydrogens is 867 g/mol. The van der Waals surface area contributed by atoms with E-state index < -0.39 is 73.8 Å². The number of benzene rings is 2. The lowest BCUT2D eigenvalue weighted by Gasteiger charge is -2.33. The molecule has 1 saturated heterocycles. The van der Waals surface area contributed by atoms with Crippen LogP contribution in [0.4, 0.5) is 4.79 Å². The van der Waals surface area contributed by atoms with Crippen molar-refractivity contribution in [3.8, 4) is 34.4 Å². The number of sulfonamides is 1. The summed E-state index contributed by atoms with van der Waals surface area (Å²) < 4.78 is 57.9. The number of hydrogen-bond donors (Lipinski definition) is 3. The van der Waals surface area contributed by atoms with Crippen LogP contribution in [-0.4, -0.2) is 103 Å². The Morgan fingerprint density at radius 2 is 1.67 bits per heavy atom. The molecule has 16 nitrogen and oxygen atoms in total. The lowest BCUT2D eigenvalue weighted by atomic mass is 9.88. The van der Waals surface area contributed by atoms with E-state index in [1.165, 1.54) is 4.90 Å². The molecule has 0 radical (unpaired) electrons. The number of carbonyl (C=O) groups excluding carboxylic acids is 4. The van der Waals surface area contributed by atoms with Gasteiger partial charge in [0, 0.05) is 28.7 Å². The quantitative estimate of drug-likeness (QED) is 0.170. The summed E-state index contributed by atoms with van der Waals surface area (Å²) in [6.45, 7) is 14.5. The van der Waals surface area contributed by atoms with Crippen molar-refractivity contribution in [3.05, 3.63) is 54.6 Å². The number of ether oxygens (including phenoxy) is 5. The molecule has 4 aliphatic rings. The van der Waals surface area contributed by atoms with Gasteiger partial charge in [0.15, 0.2) is 5.75 Å². The maximum atomic E-state index is 15.1. The number of alkyl carbamates (subject to hydrolysis) is 1. The number of allylic oxidation sites excluding steroid dienone is 1. The van der Waals surface area contributed by atoms with Gasteiger partial charge in [-0.1, -0.05) is 26.0 Å². The van der Waals surface area contributed by atoms with Gasteiger partial charge in [0.05, 0.1) is 31.6 Å². The molecule has 2 aliphatic carbocycles. The molecule has 3 fully saturated rings. The molecule has 66 heavy (non-hydrogen) atoms. The number of hydrogen-bond acceptors (Lipinski definition) is 12. The Balaban J connectivity index is 1.28. The van der Waals surface area contributed by atoms with E-state index in [1.807, 2.05) is 63.3 Å². The normalized spacial score (nSPS) is 26.5. The number of amides is 4. The van der Waals surface area contributed by atoms with Crippen molar-refractivity contribution in [1.82, 2.24) is 25.2 Å². The number of rotatable bonds is 11. The number of pyridine rings is 1. The Labute approximate surface area is 387 Å². The second-order valence-corrected chi connectivity index (χ2v) is 22.2. The van der Waals surface area contributed by atoms with Crippen LogP contribution in [-0.2, 0) is 29.1 Å². The molecule has 4 amide bonds. The molecule has 2 saturated carbocycles. The van der Waals surface area contributed by atoms with Crippen LogP contribution in [0, 0.1) is 17.8 Å². The van der Waals surface area contributed by atoms with Crippen molar-refractivity contribution in [2.24, 2.45) is 17.8 Å². The third kappa shape index (κ3) is 10.3. The maximum Gasteiger partial charge on any atom is 0.408 e. The summed E-state index contributed by atoms with van der Waals surface area (Å²) in [5.41, 5.74) is -1.26. The number of nitrogens with zero attached hydrogens (tertiary/aromatic N) is 2. The Hall–Kier alpha value is -5.58. The second-order valence-electron chi connectivity index (χ2n) is 20.0. The van der Waals surface area contributed by atoms with Crippen molar-refractivity contribution in [2.75, 3.05) is 20.8 Å². The van der Waals surface area contributed by atoms with Crippen LogP contribution in [0.2, 0.25) is 0 Å². The van der Waals surface area contributed by atoms with Crippen LogP contribution >= 0.6 is 0 Å². The molecule has 7 unspecified atom stereocenters. The standard InChI is InChI=1S/C49H65N5O11S/c1-28(2)63-33-17-15-31(16-18-33)40-41(62-10)37-24-34(61-9)19-20-36(37)43(50-40)64-35-25-38-42(55)52-49(45(57)53-66(59,60)48(8)21-22-48)26-32(49)14-12-11-13-29(3)23-30(4)39(44(56)54(38)27-35)51-46(58)65-47(5,6)7/h12,14-20,24,28-30,32,35,38-39H,11,13,21-23,25-27H2,1-10H3,(H,51,58)(H,52,55)(H,53,57). The van der Waals surface area contributed by atoms with Crippen molar-refractivity contribution in [2.45, 2.75) is 141 Å². The van der Waals surface area contributed by atoms with Crippen molar-refractivity contribution >= 4 is 44.6 Å². The van der Waals surface area contributed by atoms with Crippen LogP contribution < -0.4 is 34.3 Å². The fourth-order valence-electron chi connectivity index (χ4n) is 9.01. The minimum atomic E-state index is -4.04. The number of fused-ring (bicyclic) bond motifs is 3. The Morgan fingerprint density at radius 1 is 0.970 bits per heavy atom. The van der Waals surface area contributed by atoms with E-state index in [9.17, 15) is 22.8 Å². The van der Waals surface area contributed by atoms with Crippen LogP contribution in [0.5, 0.6) is 23.1 Å². The van der Waals surface area contributed by atoms with Crippen LogP contribution in [0.3, 0.4) is 0 Å². The average Bonchev–Trinajstić information content (AvgIpc) is 4.13. The number of methoxy groups -OCH3 is 2. The first-order chi connectivity index (χ1) is 31.1. The van der Waals surface area contributed by atoms with Crippen LogP contribution in [0.1, 0.15) is 100 Å². The monoisotopic (exact) mass is 931 g/mol. The zero-order chi connectivity index (χ0) is 47.9. The SMILES string of the molecule is COc1ccc2c(OC3CC4C(=O)NC5(C(=O)NS(=O)(=O)C6(C)CC6)CC5C=CCCC(C)CC(C)C(NC(=O)OC(C)(C)C)C(=O)N4C3)nc(-c3ccc(OC(C)C)cc3)c(OC)c2c1. The van der Waals surface area contributed by atoms with Crippen molar-refractivity contribution in [1.29, 1.82) is 0 Å². The molecule has 17 heteroatoms. The van der Waals surface area contributed by atoms with Gasteiger partial charge in [-0.25, -0.2) is 18.2 Å². The lowest BCUT2D eigenvalue weighted by molar-refractivity contribution is -0.142. The molecule has 0 spiro atoms. The largest absolute Gasteiger partial charge is 0.497 e. The zero-order valence-electron chi connectivity index (χ0n) is 39.7. The summed E-state index contributed by atoms with van der Waals surface area (Å²) in [4.78, 5) is 64.0. The van der Waals surface area contributed by atoms with Crippen LogP contribution in [0.15, 0.2) is 54.6 Å². The highest BCUT2D eigenvalue weighted by Crippen LogP contribution is 2.48. The van der Waals surface area contributed by atoms with Gasteiger partial charge in [0.1, 0.15) is 46.5 Å². The fraction of sp³-hybridized carbons (Fsp3) is 0.571. The van der Waals surface area contributed by atoms with Crippen LogP contribution in [0.25, 0.3) is 22.0 Å². The topological polar surface area (TPSA) is 201 Å². The van der Waals surface area contributed by atoms with Crippen molar-refractivity contribution in [3.63, 3.8) is 0 Å². The van der Waals surface area contributed by atoms with Gasteiger partial charge in [-0.2, -0.15) is 0 Å². The predicted molar refractivity (Wildman–Crippen MR) is 249 cm³/mol. The molecular formula is C49H65N5O11S. The predicted octanol–water partition coefficient (Wildman–Crippen LogP) is 6.83. The zero-order valence-corrected chi connectivity index (χ0v) is 40.5. The summed E-state index contributed by atoms with van der Waals surface area (Å²) in [5.74, 6) is -0.851. The molecule has 3 heterocycles. The van der Waals surface area contributed by atoms with E-state index in [1.54, 1.807) is 54.0 Å². The molecule has 7 rings (SSSR count). The third-order valence-electron chi connectivity index (χ3n) is 13.0. The lowest BCUT2D eigenvalue weighted by Crippen LogP contribution is -2.59. The highest BCUT2D eigenvalue weighted by Gasteiger charge is 2.63. The van der Waals surface area contributed by atoms with Gasteiger partial charge >= 0.3 is 6.09 Å². The van der Waals surface area contributed by atoms with E-state index >= 15 is 4.79 Å². The van der Waals surface area contributed by atoms with Gasteiger partial charge in [-0.15, -0.1) is 0 Å². The highest BCUT2D eigenvalue weighted by molar-refractivity contribution is 7.91. The summed E-state index contributed by atoms with van der Waals surface area (Å²) in [6, 6.07) is 10.5. The van der Waals surface area contributed by atoms with Gasteiger partial charge in [-0.05, 0) is 134 Å². The van der Waals surface area contributed by atoms with E-state index in [0.717, 1.165) is 6.42 Å². The summed E-state index contributed by atoms with van der Waals surface area (Å²) >= 11 is 0. The number of nitrogens with one attached hydrogen (secondary N) is 3. The van der Waals surface area contributed by atoms with E-state index in [0.29, 0.717) is 65.0 Å². The third-order valence-corrected chi connectivity index (χ3v) is 15.2.